The maximum absolute atomic E-state index is 9.22. The number of ether oxygens (including phenoxy) is 2. The minimum absolute atomic E-state index is 0.249. The molecule has 0 unspecified atom stereocenters. The summed E-state index contributed by atoms with van der Waals surface area (Å²) < 4.78 is 12.2. The average molecular weight is 290 g/mol. The van der Waals surface area contributed by atoms with Gasteiger partial charge in [-0.05, 0) is 43.6 Å². The van der Waals surface area contributed by atoms with Gasteiger partial charge in [-0.2, -0.15) is 0 Å². The zero-order valence-electron chi connectivity index (χ0n) is 12.7. The molecule has 0 bridgehead atoms. The Balaban J connectivity index is 1.41. The number of hydrogen-bond acceptors (Lipinski definition) is 3. The average Bonchev–Trinajstić information content (AvgIpc) is 2.92. The first-order chi connectivity index (χ1) is 10.3. The van der Waals surface area contributed by atoms with Gasteiger partial charge in [0, 0.05) is 19.4 Å². The van der Waals surface area contributed by atoms with Gasteiger partial charge in [0.05, 0.1) is 12.7 Å². The Labute approximate surface area is 127 Å². The predicted molar refractivity (Wildman–Crippen MR) is 82.0 cm³/mol. The lowest BCUT2D eigenvalue weighted by atomic mass is 9.85. The fourth-order valence-corrected chi connectivity index (χ4v) is 3.50. The molecule has 1 heterocycles. The standard InChI is InChI=1S/C18H26O3/c19-13-16-9-11-18(12-10-16)20-14-17(21-18)8-4-7-15-5-2-1-3-6-15/h1-3,5-6,16-17,19H,4,7-14H2/t16?,17-,18?/m0/s1. The summed E-state index contributed by atoms with van der Waals surface area (Å²) in [6, 6.07) is 10.6. The summed E-state index contributed by atoms with van der Waals surface area (Å²) in [4.78, 5) is 0. The highest BCUT2D eigenvalue weighted by atomic mass is 16.7. The number of hydrogen-bond donors (Lipinski definition) is 1. The van der Waals surface area contributed by atoms with Gasteiger partial charge in [-0.25, -0.2) is 0 Å². The smallest absolute Gasteiger partial charge is 0.168 e. The van der Waals surface area contributed by atoms with E-state index in [0.29, 0.717) is 12.5 Å². The zero-order valence-corrected chi connectivity index (χ0v) is 12.7. The summed E-state index contributed by atoms with van der Waals surface area (Å²) in [5.74, 6) is 0.114. The minimum atomic E-state index is -0.330. The molecule has 1 aromatic rings. The molecule has 3 nitrogen and oxygen atoms in total. The number of aliphatic hydroxyl groups excluding tert-OH is 1. The Morgan fingerprint density at radius 3 is 2.62 bits per heavy atom. The van der Waals surface area contributed by atoms with Crippen molar-refractivity contribution in [3.63, 3.8) is 0 Å². The Hall–Kier alpha value is -0.900. The van der Waals surface area contributed by atoms with Gasteiger partial charge in [0.1, 0.15) is 0 Å². The Morgan fingerprint density at radius 2 is 1.90 bits per heavy atom. The van der Waals surface area contributed by atoms with Crippen LogP contribution in [0.3, 0.4) is 0 Å². The van der Waals surface area contributed by atoms with Crippen LogP contribution in [0.4, 0.5) is 0 Å². The van der Waals surface area contributed by atoms with Crippen LogP contribution in [0.1, 0.15) is 44.1 Å². The Morgan fingerprint density at radius 1 is 1.14 bits per heavy atom. The van der Waals surface area contributed by atoms with Gasteiger partial charge in [-0.15, -0.1) is 0 Å². The zero-order chi connectivity index (χ0) is 14.5. The van der Waals surface area contributed by atoms with Crippen molar-refractivity contribution >= 4 is 0 Å². The second-order valence-electron chi connectivity index (χ2n) is 6.47. The van der Waals surface area contributed by atoms with Gasteiger partial charge in [-0.3, -0.25) is 0 Å². The van der Waals surface area contributed by atoms with Crippen LogP contribution in [0.25, 0.3) is 0 Å². The first-order valence-corrected chi connectivity index (χ1v) is 8.26. The molecule has 0 radical (unpaired) electrons. The first-order valence-electron chi connectivity index (χ1n) is 8.26. The molecule has 1 spiro atoms. The van der Waals surface area contributed by atoms with E-state index in [1.807, 2.05) is 0 Å². The molecule has 3 rings (SSSR count). The number of aliphatic hydroxyl groups is 1. The van der Waals surface area contributed by atoms with Crippen LogP contribution in [-0.2, 0) is 15.9 Å². The third kappa shape index (κ3) is 3.85. The molecule has 116 valence electrons. The maximum Gasteiger partial charge on any atom is 0.168 e. The van der Waals surface area contributed by atoms with Crippen molar-refractivity contribution in [2.75, 3.05) is 13.2 Å². The summed E-state index contributed by atoms with van der Waals surface area (Å²) in [6.45, 7) is 1.04. The van der Waals surface area contributed by atoms with Crippen molar-refractivity contribution in [2.24, 2.45) is 5.92 Å². The van der Waals surface area contributed by atoms with Crippen LogP contribution in [-0.4, -0.2) is 30.2 Å². The Bertz CT molecular complexity index is 423. The van der Waals surface area contributed by atoms with Gasteiger partial charge in [0.25, 0.3) is 0 Å². The molecule has 1 saturated heterocycles. The summed E-state index contributed by atoms with van der Waals surface area (Å²) in [5.41, 5.74) is 1.40. The van der Waals surface area contributed by atoms with Crippen molar-refractivity contribution < 1.29 is 14.6 Å². The van der Waals surface area contributed by atoms with Gasteiger partial charge in [-0.1, -0.05) is 30.3 Å². The highest BCUT2D eigenvalue weighted by Gasteiger charge is 2.43. The quantitative estimate of drug-likeness (QED) is 0.904. The van der Waals surface area contributed by atoms with E-state index in [-0.39, 0.29) is 11.9 Å². The maximum atomic E-state index is 9.22. The molecule has 3 heteroatoms. The fraction of sp³-hybridized carbons (Fsp3) is 0.667. The van der Waals surface area contributed by atoms with Gasteiger partial charge in [0.15, 0.2) is 5.79 Å². The minimum Gasteiger partial charge on any atom is -0.396 e. The molecular formula is C18H26O3. The summed E-state index contributed by atoms with van der Waals surface area (Å²) in [7, 11) is 0. The van der Waals surface area contributed by atoms with Crippen LogP contribution >= 0.6 is 0 Å². The summed E-state index contributed by atoms with van der Waals surface area (Å²) in [6.07, 6.45) is 7.49. The highest BCUT2D eigenvalue weighted by molar-refractivity contribution is 5.14. The number of benzene rings is 1. The van der Waals surface area contributed by atoms with E-state index in [9.17, 15) is 5.11 Å². The molecule has 1 aliphatic carbocycles. The van der Waals surface area contributed by atoms with E-state index in [1.165, 1.54) is 5.56 Å². The SMILES string of the molecule is OCC1CCC2(CC1)OC[C@H](CCCc1ccccc1)O2. The highest BCUT2D eigenvalue weighted by Crippen LogP contribution is 2.40. The normalized spacial score (nSPS) is 32.6. The third-order valence-electron chi connectivity index (χ3n) is 4.87. The van der Waals surface area contributed by atoms with Crippen molar-refractivity contribution in [1.82, 2.24) is 0 Å². The topological polar surface area (TPSA) is 38.7 Å². The molecule has 1 atom stereocenters. The molecule has 1 N–H and O–H groups in total. The largest absolute Gasteiger partial charge is 0.396 e. The van der Waals surface area contributed by atoms with E-state index in [2.05, 4.69) is 30.3 Å². The molecule has 0 amide bonds. The van der Waals surface area contributed by atoms with E-state index >= 15 is 0 Å². The van der Waals surface area contributed by atoms with Crippen molar-refractivity contribution in [3.8, 4) is 0 Å². The van der Waals surface area contributed by atoms with Crippen LogP contribution in [0.15, 0.2) is 30.3 Å². The van der Waals surface area contributed by atoms with E-state index in [1.54, 1.807) is 0 Å². The molecule has 21 heavy (non-hydrogen) atoms. The van der Waals surface area contributed by atoms with Gasteiger partial charge in [0.2, 0.25) is 0 Å². The molecule has 1 aromatic carbocycles. The second kappa shape index (κ2) is 6.91. The second-order valence-corrected chi connectivity index (χ2v) is 6.47. The van der Waals surface area contributed by atoms with Crippen LogP contribution in [0, 0.1) is 5.92 Å². The van der Waals surface area contributed by atoms with Crippen molar-refractivity contribution in [3.05, 3.63) is 35.9 Å². The van der Waals surface area contributed by atoms with Gasteiger partial charge < -0.3 is 14.6 Å². The monoisotopic (exact) mass is 290 g/mol. The fourth-order valence-electron chi connectivity index (χ4n) is 3.50. The predicted octanol–water partition coefficient (Wildman–Crippen LogP) is 3.30. The van der Waals surface area contributed by atoms with Crippen molar-refractivity contribution in [2.45, 2.75) is 56.8 Å². The molecule has 1 saturated carbocycles. The Kier molecular flexibility index (Phi) is 4.94. The molecular weight excluding hydrogens is 264 g/mol. The lowest BCUT2D eigenvalue weighted by molar-refractivity contribution is -0.194. The first kappa shape index (κ1) is 15.0. The van der Waals surface area contributed by atoms with Crippen molar-refractivity contribution in [1.29, 1.82) is 0 Å². The van der Waals surface area contributed by atoms with E-state index < -0.39 is 0 Å². The molecule has 1 aliphatic heterocycles. The lowest BCUT2D eigenvalue weighted by Crippen LogP contribution is -2.36. The third-order valence-corrected chi connectivity index (χ3v) is 4.87. The molecule has 2 fully saturated rings. The molecule has 0 aromatic heterocycles. The summed E-state index contributed by atoms with van der Waals surface area (Å²) in [5, 5.41) is 9.22. The number of rotatable bonds is 5. The number of aryl methyl sites for hydroxylation is 1. The summed E-state index contributed by atoms with van der Waals surface area (Å²) >= 11 is 0. The van der Waals surface area contributed by atoms with Crippen LogP contribution in [0.5, 0.6) is 0 Å². The van der Waals surface area contributed by atoms with Crippen LogP contribution < -0.4 is 0 Å². The molecule has 2 aliphatic rings. The van der Waals surface area contributed by atoms with Gasteiger partial charge >= 0.3 is 0 Å². The van der Waals surface area contributed by atoms with Crippen LogP contribution in [0.2, 0.25) is 0 Å². The van der Waals surface area contributed by atoms with E-state index in [4.69, 9.17) is 9.47 Å². The lowest BCUT2D eigenvalue weighted by Gasteiger charge is -2.35. The van der Waals surface area contributed by atoms with E-state index in [0.717, 1.165) is 51.6 Å².